The minimum absolute atomic E-state index is 0.124. The van der Waals surface area contributed by atoms with Gasteiger partial charge in [0.25, 0.3) is 0 Å². The van der Waals surface area contributed by atoms with Gasteiger partial charge in [0.05, 0.1) is 12.4 Å². The number of rotatable bonds is 3. The summed E-state index contributed by atoms with van der Waals surface area (Å²) in [6, 6.07) is 0. The second-order valence-electron chi connectivity index (χ2n) is 5.55. The van der Waals surface area contributed by atoms with Gasteiger partial charge in [-0.3, -0.25) is 0 Å². The third-order valence-corrected chi connectivity index (χ3v) is 2.56. The summed E-state index contributed by atoms with van der Waals surface area (Å²) in [6.07, 6.45) is 2.50. The smallest absolute Gasteiger partial charge is 0.359 e. The van der Waals surface area contributed by atoms with E-state index in [0.717, 1.165) is 0 Å². The lowest BCUT2D eigenvalue weighted by molar-refractivity contribution is 0.00618. The first kappa shape index (κ1) is 13.7. The van der Waals surface area contributed by atoms with Crippen LogP contribution in [0.1, 0.15) is 44.1 Å². The summed E-state index contributed by atoms with van der Waals surface area (Å²) < 4.78 is 23.2. The van der Waals surface area contributed by atoms with Gasteiger partial charge in [-0.25, -0.2) is 19.2 Å². The largest absolute Gasteiger partial charge is 0.473 e. The molecule has 19 heavy (non-hydrogen) atoms. The van der Waals surface area contributed by atoms with E-state index in [1.165, 1.54) is 12.4 Å². The minimum Gasteiger partial charge on any atom is -0.473 e. The van der Waals surface area contributed by atoms with Crippen LogP contribution >= 0.6 is 0 Å². The van der Waals surface area contributed by atoms with Gasteiger partial charge in [-0.1, -0.05) is 0 Å². The maximum Gasteiger partial charge on any atom is 0.359 e. The molecular weight excluding hydrogens is 251 g/mol. The van der Waals surface area contributed by atoms with Crippen molar-refractivity contribution in [1.29, 1.82) is 0 Å². The highest BCUT2D eigenvalue weighted by Gasteiger charge is 2.31. The molecule has 1 heterocycles. The van der Waals surface area contributed by atoms with Crippen LogP contribution in [0, 0.1) is 0 Å². The maximum atomic E-state index is 12.6. The second-order valence-corrected chi connectivity index (χ2v) is 5.55. The highest BCUT2D eigenvalue weighted by atomic mass is 19.1. The van der Waals surface area contributed by atoms with E-state index in [1.807, 2.05) is 0 Å². The summed E-state index contributed by atoms with van der Waals surface area (Å²) in [5.41, 5.74) is -0.449. The van der Waals surface area contributed by atoms with E-state index in [4.69, 9.17) is 9.47 Å². The number of halogens is 1. The predicted molar refractivity (Wildman–Crippen MR) is 65.7 cm³/mol. The molecule has 1 aromatic rings. The zero-order chi connectivity index (χ0) is 14.0. The zero-order valence-electron chi connectivity index (χ0n) is 11.2. The van der Waals surface area contributed by atoms with Gasteiger partial charge in [-0.05, 0) is 20.8 Å². The van der Waals surface area contributed by atoms with Crippen molar-refractivity contribution in [3.8, 4) is 5.88 Å². The predicted octanol–water partition coefficient (Wildman–Crippen LogP) is 2.31. The van der Waals surface area contributed by atoms with Crippen molar-refractivity contribution in [2.75, 3.05) is 0 Å². The maximum absolute atomic E-state index is 12.6. The van der Waals surface area contributed by atoms with Crippen LogP contribution < -0.4 is 4.74 Å². The second kappa shape index (κ2) is 5.11. The number of carbonyl (C=O) groups is 1. The van der Waals surface area contributed by atoms with Crippen molar-refractivity contribution in [2.24, 2.45) is 0 Å². The minimum atomic E-state index is -0.779. The summed E-state index contributed by atoms with van der Waals surface area (Å²) in [7, 11) is 0. The van der Waals surface area contributed by atoms with Crippen molar-refractivity contribution in [3.63, 3.8) is 0 Å². The van der Waals surface area contributed by atoms with Crippen LogP contribution in [0.15, 0.2) is 12.4 Å². The van der Waals surface area contributed by atoms with Crippen LogP contribution in [-0.4, -0.2) is 33.8 Å². The molecule has 0 radical (unpaired) electrons. The zero-order valence-corrected chi connectivity index (χ0v) is 11.2. The van der Waals surface area contributed by atoms with Gasteiger partial charge >= 0.3 is 5.97 Å². The quantitative estimate of drug-likeness (QED) is 0.787. The Morgan fingerprint density at radius 2 is 2.00 bits per heavy atom. The molecule has 1 aliphatic carbocycles. The number of aromatic nitrogens is 2. The first-order valence-electron chi connectivity index (χ1n) is 6.19. The lowest BCUT2D eigenvalue weighted by Gasteiger charge is -2.29. The third-order valence-electron chi connectivity index (χ3n) is 2.56. The lowest BCUT2D eigenvalue weighted by atomic mass is 9.94. The van der Waals surface area contributed by atoms with Gasteiger partial charge < -0.3 is 9.47 Å². The fourth-order valence-electron chi connectivity index (χ4n) is 1.58. The van der Waals surface area contributed by atoms with E-state index in [9.17, 15) is 9.18 Å². The number of hydrogen-bond donors (Lipinski definition) is 0. The molecule has 0 unspecified atom stereocenters. The molecule has 0 saturated heterocycles. The Hall–Kier alpha value is -1.72. The molecule has 0 spiro atoms. The van der Waals surface area contributed by atoms with Crippen molar-refractivity contribution < 1.29 is 18.7 Å². The van der Waals surface area contributed by atoms with Crippen LogP contribution in [0.3, 0.4) is 0 Å². The summed E-state index contributed by atoms with van der Waals surface area (Å²) >= 11 is 0. The van der Waals surface area contributed by atoms with E-state index >= 15 is 0 Å². The Bertz CT molecular complexity index is 450. The van der Waals surface area contributed by atoms with Crippen LogP contribution in [0.4, 0.5) is 4.39 Å². The first-order chi connectivity index (χ1) is 8.83. The number of alkyl halides is 1. The van der Waals surface area contributed by atoms with Crippen LogP contribution in [0.2, 0.25) is 0 Å². The van der Waals surface area contributed by atoms with E-state index in [1.54, 1.807) is 20.8 Å². The molecule has 1 fully saturated rings. The standard InChI is InChI=1S/C13H17FN2O3/c1-13(2,3)19-12(17)10-6-16-11(7-15-10)18-9-4-8(14)5-9/h6-9H,4-5H2,1-3H3. The van der Waals surface area contributed by atoms with E-state index in [2.05, 4.69) is 9.97 Å². The Morgan fingerprint density at radius 1 is 1.32 bits per heavy atom. The number of ether oxygens (including phenoxy) is 2. The SMILES string of the molecule is CC(C)(C)OC(=O)c1cnc(OC2CC(F)C2)cn1. The Morgan fingerprint density at radius 3 is 2.47 bits per heavy atom. The average molecular weight is 268 g/mol. The molecule has 0 bridgehead atoms. The summed E-state index contributed by atoms with van der Waals surface area (Å²) in [5.74, 6) is -0.233. The molecule has 104 valence electrons. The molecule has 1 aromatic heterocycles. The van der Waals surface area contributed by atoms with Crippen LogP contribution in [0.5, 0.6) is 5.88 Å². The third kappa shape index (κ3) is 3.87. The fraction of sp³-hybridized carbons (Fsp3) is 0.615. The summed E-state index contributed by atoms with van der Waals surface area (Å²) in [4.78, 5) is 19.6. The molecule has 1 aliphatic rings. The first-order valence-corrected chi connectivity index (χ1v) is 6.19. The number of carbonyl (C=O) groups excluding carboxylic acids is 1. The molecule has 0 N–H and O–H groups in total. The molecule has 5 nitrogen and oxygen atoms in total. The van der Waals surface area contributed by atoms with Crippen LogP contribution in [-0.2, 0) is 4.74 Å². The van der Waals surface area contributed by atoms with Gasteiger partial charge in [0.1, 0.15) is 17.9 Å². The van der Waals surface area contributed by atoms with Crippen molar-refractivity contribution in [3.05, 3.63) is 18.1 Å². The van der Waals surface area contributed by atoms with Gasteiger partial charge in [0.2, 0.25) is 5.88 Å². The van der Waals surface area contributed by atoms with Crippen molar-refractivity contribution in [1.82, 2.24) is 9.97 Å². The molecule has 2 rings (SSSR count). The molecule has 6 heteroatoms. The topological polar surface area (TPSA) is 61.3 Å². The monoisotopic (exact) mass is 268 g/mol. The van der Waals surface area contributed by atoms with E-state index in [-0.39, 0.29) is 11.8 Å². The van der Waals surface area contributed by atoms with Crippen molar-refractivity contribution in [2.45, 2.75) is 51.5 Å². The Balaban J connectivity index is 1.92. The molecule has 0 aliphatic heterocycles. The van der Waals surface area contributed by atoms with Crippen LogP contribution in [0.25, 0.3) is 0 Å². The molecular formula is C13H17FN2O3. The molecule has 0 aromatic carbocycles. The Kier molecular flexibility index (Phi) is 3.68. The van der Waals surface area contributed by atoms with Gasteiger partial charge in [-0.2, -0.15) is 0 Å². The highest BCUT2D eigenvalue weighted by molar-refractivity contribution is 5.87. The van der Waals surface area contributed by atoms with E-state index < -0.39 is 17.7 Å². The number of esters is 1. The molecule has 1 saturated carbocycles. The van der Waals surface area contributed by atoms with Gasteiger partial charge in [0.15, 0.2) is 5.69 Å². The summed E-state index contributed by atoms with van der Waals surface area (Å²) in [6.45, 7) is 5.33. The molecule has 0 atom stereocenters. The fourth-order valence-corrected chi connectivity index (χ4v) is 1.58. The van der Waals surface area contributed by atoms with Gasteiger partial charge in [0, 0.05) is 12.8 Å². The number of nitrogens with zero attached hydrogens (tertiary/aromatic N) is 2. The molecule has 0 amide bonds. The Labute approximate surface area is 111 Å². The normalized spacial score (nSPS) is 22.5. The lowest BCUT2D eigenvalue weighted by Crippen LogP contribution is -2.35. The number of hydrogen-bond acceptors (Lipinski definition) is 5. The van der Waals surface area contributed by atoms with Crippen molar-refractivity contribution >= 4 is 5.97 Å². The van der Waals surface area contributed by atoms with E-state index in [0.29, 0.717) is 18.7 Å². The summed E-state index contributed by atoms with van der Waals surface area (Å²) in [5, 5.41) is 0. The highest BCUT2D eigenvalue weighted by Crippen LogP contribution is 2.27. The average Bonchev–Trinajstić information content (AvgIpc) is 2.25. The van der Waals surface area contributed by atoms with Gasteiger partial charge in [-0.15, -0.1) is 0 Å².